The molecule has 14 heavy (non-hydrogen) atoms. The number of carbonyl (C=O) groups excluding carboxylic acids is 1. The van der Waals surface area contributed by atoms with E-state index in [1.54, 1.807) is 0 Å². The topological polar surface area (TPSA) is 80.4 Å². The Kier molecular flexibility index (Phi) is 2.10. The molecule has 3 unspecified atom stereocenters. The van der Waals surface area contributed by atoms with Crippen LogP contribution in [0.1, 0.15) is 25.7 Å². The molecular weight excluding hydrogens is 182 g/mol. The first kappa shape index (κ1) is 9.65. The summed E-state index contributed by atoms with van der Waals surface area (Å²) in [6.45, 7) is 0. The summed E-state index contributed by atoms with van der Waals surface area (Å²) in [5.41, 5.74) is 5.60. The van der Waals surface area contributed by atoms with Crippen molar-refractivity contribution < 1.29 is 14.7 Å². The molecule has 2 saturated carbocycles. The Morgan fingerprint density at radius 2 is 2.36 bits per heavy atom. The lowest BCUT2D eigenvalue weighted by molar-refractivity contribution is -0.140. The molecule has 2 aliphatic rings. The van der Waals surface area contributed by atoms with Crippen LogP contribution in [0.25, 0.3) is 0 Å². The van der Waals surface area contributed by atoms with Gasteiger partial charge < -0.3 is 15.6 Å². The SMILES string of the molecule is NC(C(=O)O)[C@H]1CCCC12CC2C=O. The molecule has 0 radical (unpaired) electrons. The Morgan fingerprint density at radius 3 is 2.86 bits per heavy atom. The Bertz CT molecular complexity index is 279. The van der Waals surface area contributed by atoms with Crippen LogP contribution in [-0.2, 0) is 9.59 Å². The zero-order chi connectivity index (χ0) is 10.3. The Hall–Kier alpha value is -0.900. The molecule has 0 aromatic rings. The number of rotatable bonds is 3. The van der Waals surface area contributed by atoms with E-state index in [9.17, 15) is 9.59 Å². The lowest BCUT2D eigenvalue weighted by atomic mass is 9.85. The summed E-state index contributed by atoms with van der Waals surface area (Å²) >= 11 is 0. The molecule has 78 valence electrons. The predicted octanol–water partition coefficient (Wildman–Crippen LogP) is 0.404. The average Bonchev–Trinajstić information content (AvgIpc) is 2.68. The molecule has 0 amide bonds. The second-order valence-corrected chi connectivity index (χ2v) is 4.54. The third-order valence-electron chi connectivity index (χ3n) is 3.96. The minimum absolute atomic E-state index is 0.00944. The van der Waals surface area contributed by atoms with Gasteiger partial charge in [-0.2, -0.15) is 0 Å². The fraction of sp³-hybridized carbons (Fsp3) is 0.800. The Labute approximate surface area is 82.5 Å². The number of hydrogen-bond acceptors (Lipinski definition) is 3. The molecule has 4 atom stereocenters. The largest absolute Gasteiger partial charge is 0.480 e. The monoisotopic (exact) mass is 197 g/mol. The van der Waals surface area contributed by atoms with Gasteiger partial charge in [-0.1, -0.05) is 6.42 Å². The van der Waals surface area contributed by atoms with Crippen molar-refractivity contribution in [1.29, 1.82) is 0 Å². The maximum absolute atomic E-state index is 10.8. The van der Waals surface area contributed by atoms with Crippen LogP contribution < -0.4 is 5.73 Å². The zero-order valence-corrected chi connectivity index (χ0v) is 7.98. The zero-order valence-electron chi connectivity index (χ0n) is 7.98. The highest BCUT2D eigenvalue weighted by molar-refractivity contribution is 5.74. The van der Waals surface area contributed by atoms with Crippen LogP contribution in [0.2, 0.25) is 0 Å². The van der Waals surface area contributed by atoms with Gasteiger partial charge in [-0.3, -0.25) is 4.79 Å². The molecule has 0 aromatic heterocycles. The molecule has 0 aromatic carbocycles. The van der Waals surface area contributed by atoms with Gasteiger partial charge in [0.05, 0.1) is 0 Å². The first-order valence-electron chi connectivity index (χ1n) is 5.05. The van der Waals surface area contributed by atoms with Crippen molar-refractivity contribution in [2.75, 3.05) is 0 Å². The number of hydrogen-bond donors (Lipinski definition) is 2. The van der Waals surface area contributed by atoms with Crippen LogP contribution in [-0.4, -0.2) is 23.4 Å². The van der Waals surface area contributed by atoms with Gasteiger partial charge in [0.1, 0.15) is 12.3 Å². The minimum atomic E-state index is -0.937. The first-order chi connectivity index (χ1) is 6.62. The lowest BCUT2D eigenvalue weighted by Crippen LogP contribution is -2.40. The molecule has 4 nitrogen and oxygen atoms in total. The molecule has 4 heteroatoms. The molecule has 2 fully saturated rings. The van der Waals surface area contributed by atoms with Gasteiger partial charge in [0, 0.05) is 5.92 Å². The smallest absolute Gasteiger partial charge is 0.320 e. The van der Waals surface area contributed by atoms with Crippen molar-refractivity contribution in [2.45, 2.75) is 31.7 Å². The molecule has 0 bridgehead atoms. The highest BCUT2D eigenvalue weighted by atomic mass is 16.4. The van der Waals surface area contributed by atoms with E-state index >= 15 is 0 Å². The first-order valence-corrected chi connectivity index (χ1v) is 5.05. The summed E-state index contributed by atoms with van der Waals surface area (Å²) in [7, 11) is 0. The quantitative estimate of drug-likeness (QED) is 0.642. The summed E-state index contributed by atoms with van der Waals surface area (Å²) in [5.74, 6) is -0.858. The van der Waals surface area contributed by atoms with Crippen LogP contribution in [0, 0.1) is 17.3 Å². The van der Waals surface area contributed by atoms with E-state index in [1.807, 2.05) is 0 Å². The van der Waals surface area contributed by atoms with Crippen LogP contribution in [0.4, 0.5) is 0 Å². The van der Waals surface area contributed by atoms with Crippen LogP contribution in [0.3, 0.4) is 0 Å². The van der Waals surface area contributed by atoms with E-state index in [0.29, 0.717) is 0 Å². The van der Waals surface area contributed by atoms with Crippen molar-refractivity contribution in [3.8, 4) is 0 Å². The molecule has 2 aliphatic carbocycles. The number of carboxylic acid groups (broad SMARTS) is 1. The summed E-state index contributed by atoms with van der Waals surface area (Å²) < 4.78 is 0. The maximum Gasteiger partial charge on any atom is 0.320 e. The van der Waals surface area contributed by atoms with Crippen LogP contribution >= 0.6 is 0 Å². The standard InChI is InChI=1S/C10H15NO3/c11-8(9(13)14)7-2-1-3-10(7)4-6(10)5-12/h5-8H,1-4,11H2,(H,13,14)/t6?,7-,8?,10?/m1/s1. The minimum Gasteiger partial charge on any atom is -0.480 e. The highest BCUT2D eigenvalue weighted by Crippen LogP contribution is 2.65. The van der Waals surface area contributed by atoms with E-state index < -0.39 is 12.0 Å². The molecule has 2 rings (SSSR count). The third-order valence-corrected chi connectivity index (χ3v) is 3.96. The molecule has 3 N–H and O–H groups in total. The predicted molar refractivity (Wildman–Crippen MR) is 49.6 cm³/mol. The number of aliphatic carboxylic acids is 1. The maximum atomic E-state index is 10.8. The fourth-order valence-corrected chi connectivity index (χ4v) is 3.08. The van der Waals surface area contributed by atoms with Gasteiger partial charge in [0.25, 0.3) is 0 Å². The molecule has 1 spiro atoms. The summed E-state index contributed by atoms with van der Waals surface area (Å²) in [4.78, 5) is 21.5. The Balaban J connectivity index is 2.13. The van der Waals surface area contributed by atoms with Crippen molar-refractivity contribution >= 4 is 12.3 Å². The number of aldehydes is 1. The molecule has 0 aliphatic heterocycles. The number of carboxylic acids is 1. The normalized spacial score (nSPS) is 42.4. The van der Waals surface area contributed by atoms with Crippen molar-refractivity contribution in [3.63, 3.8) is 0 Å². The number of carbonyl (C=O) groups is 2. The highest BCUT2D eigenvalue weighted by Gasteiger charge is 2.62. The van der Waals surface area contributed by atoms with Gasteiger partial charge >= 0.3 is 5.97 Å². The van der Waals surface area contributed by atoms with E-state index in [-0.39, 0.29) is 17.3 Å². The van der Waals surface area contributed by atoms with E-state index in [2.05, 4.69) is 0 Å². The fourth-order valence-electron chi connectivity index (χ4n) is 3.08. The molecule has 0 saturated heterocycles. The van der Waals surface area contributed by atoms with Gasteiger partial charge in [0.2, 0.25) is 0 Å². The van der Waals surface area contributed by atoms with Crippen molar-refractivity contribution in [2.24, 2.45) is 23.0 Å². The van der Waals surface area contributed by atoms with Crippen molar-refractivity contribution in [3.05, 3.63) is 0 Å². The van der Waals surface area contributed by atoms with Gasteiger partial charge in [-0.25, -0.2) is 0 Å². The second-order valence-electron chi connectivity index (χ2n) is 4.54. The second kappa shape index (κ2) is 3.05. The van der Waals surface area contributed by atoms with Gasteiger partial charge in [-0.15, -0.1) is 0 Å². The van der Waals surface area contributed by atoms with E-state index in [4.69, 9.17) is 10.8 Å². The van der Waals surface area contributed by atoms with Crippen LogP contribution in [0.5, 0.6) is 0 Å². The van der Waals surface area contributed by atoms with Gasteiger partial charge in [0.15, 0.2) is 0 Å². The third kappa shape index (κ3) is 1.17. The van der Waals surface area contributed by atoms with E-state index in [1.165, 1.54) is 0 Å². The summed E-state index contributed by atoms with van der Waals surface area (Å²) in [6, 6.07) is -0.789. The van der Waals surface area contributed by atoms with Crippen LogP contribution in [0.15, 0.2) is 0 Å². The Morgan fingerprint density at radius 1 is 1.64 bits per heavy atom. The average molecular weight is 197 g/mol. The number of nitrogens with two attached hydrogens (primary N) is 1. The molecular formula is C10H15NO3. The van der Waals surface area contributed by atoms with Gasteiger partial charge in [-0.05, 0) is 30.6 Å². The molecule has 0 heterocycles. The van der Waals surface area contributed by atoms with Crippen molar-refractivity contribution in [1.82, 2.24) is 0 Å². The lowest BCUT2D eigenvalue weighted by Gasteiger charge is -2.22. The summed E-state index contributed by atoms with van der Waals surface area (Å²) in [5, 5.41) is 8.85. The summed E-state index contributed by atoms with van der Waals surface area (Å²) in [6.07, 6.45) is 4.66. The van der Waals surface area contributed by atoms with E-state index in [0.717, 1.165) is 32.0 Å².